The molecule has 0 aliphatic carbocycles. The van der Waals surface area contributed by atoms with Crippen molar-refractivity contribution in [2.24, 2.45) is 0 Å². The van der Waals surface area contributed by atoms with Gasteiger partial charge in [0.15, 0.2) is 0 Å². The molecule has 1 fully saturated rings. The molecular formula is C27H28N2O2S. The van der Waals surface area contributed by atoms with Gasteiger partial charge in [0.1, 0.15) is 5.37 Å². The topological polar surface area (TPSA) is 49.4 Å². The van der Waals surface area contributed by atoms with E-state index in [4.69, 9.17) is 0 Å². The molecule has 3 aromatic rings. The van der Waals surface area contributed by atoms with Crippen molar-refractivity contribution in [3.63, 3.8) is 0 Å². The van der Waals surface area contributed by atoms with Gasteiger partial charge < -0.3 is 10.2 Å². The summed E-state index contributed by atoms with van der Waals surface area (Å²) in [5, 5.41) is 3.06. The fourth-order valence-corrected chi connectivity index (χ4v) is 5.10. The second kappa shape index (κ2) is 10.0. The first-order valence-corrected chi connectivity index (χ1v) is 12.0. The number of benzene rings is 3. The van der Waals surface area contributed by atoms with E-state index in [1.165, 1.54) is 11.1 Å². The Morgan fingerprint density at radius 1 is 1.03 bits per heavy atom. The molecule has 0 saturated carbocycles. The van der Waals surface area contributed by atoms with Gasteiger partial charge in [-0.25, -0.2) is 0 Å². The fourth-order valence-electron chi connectivity index (χ4n) is 3.88. The average molecular weight is 445 g/mol. The summed E-state index contributed by atoms with van der Waals surface area (Å²) in [6, 6.07) is 26.0. The van der Waals surface area contributed by atoms with Crippen molar-refractivity contribution < 1.29 is 9.59 Å². The van der Waals surface area contributed by atoms with Gasteiger partial charge in [-0.3, -0.25) is 9.59 Å². The number of carbonyl (C=O) groups excluding carboxylic acids is 2. The van der Waals surface area contributed by atoms with Crippen molar-refractivity contribution in [3.05, 3.63) is 107 Å². The minimum Gasteiger partial charge on any atom is -0.346 e. The van der Waals surface area contributed by atoms with Crippen LogP contribution in [0.3, 0.4) is 0 Å². The molecule has 2 atom stereocenters. The van der Waals surface area contributed by atoms with Gasteiger partial charge in [0.05, 0.1) is 11.8 Å². The van der Waals surface area contributed by atoms with Crippen LogP contribution in [0.2, 0.25) is 0 Å². The van der Waals surface area contributed by atoms with Crippen LogP contribution in [0.15, 0.2) is 78.9 Å². The summed E-state index contributed by atoms with van der Waals surface area (Å²) in [6.45, 7) is 4.73. The number of hydrogen-bond donors (Lipinski definition) is 1. The second-order valence-corrected chi connectivity index (χ2v) is 9.28. The van der Waals surface area contributed by atoms with Crippen LogP contribution in [0.4, 0.5) is 0 Å². The number of thioether (sulfide) groups is 1. The number of nitrogens with zero attached hydrogens (tertiary/aromatic N) is 1. The molecule has 3 aromatic carbocycles. The molecule has 32 heavy (non-hydrogen) atoms. The number of aryl methyl sites for hydroxylation is 1. The van der Waals surface area contributed by atoms with Crippen molar-refractivity contribution in [2.75, 3.05) is 12.3 Å². The Hall–Kier alpha value is -3.05. The lowest BCUT2D eigenvalue weighted by Gasteiger charge is -2.24. The summed E-state index contributed by atoms with van der Waals surface area (Å²) in [4.78, 5) is 27.1. The molecule has 4 nitrogen and oxygen atoms in total. The van der Waals surface area contributed by atoms with E-state index >= 15 is 0 Å². The van der Waals surface area contributed by atoms with Crippen LogP contribution >= 0.6 is 11.8 Å². The maximum absolute atomic E-state index is 12.7. The number of amides is 2. The highest BCUT2D eigenvalue weighted by Gasteiger charge is 2.32. The van der Waals surface area contributed by atoms with Gasteiger partial charge in [0, 0.05) is 12.1 Å². The van der Waals surface area contributed by atoms with Crippen LogP contribution in [-0.4, -0.2) is 29.0 Å². The van der Waals surface area contributed by atoms with E-state index in [-0.39, 0.29) is 23.2 Å². The first-order valence-electron chi connectivity index (χ1n) is 10.9. The summed E-state index contributed by atoms with van der Waals surface area (Å²) in [7, 11) is 0. The molecule has 2 amide bonds. The van der Waals surface area contributed by atoms with Gasteiger partial charge in [0.2, 0.25) is 5.91 Å². The van der Waals surface area contributed by atoms with Crippen molar-refractivity contribution in [3.8, 4) is 0 Å². The van der Waals surface area contributed by atoms with E-state index in [1.807, 2.05) is 73.3 Å². The summed E-state index contributed by atoms with van der Waals surface area (Å²) < 4.78 is 0. The minimum atomic E-state index is -0.0966. The van der Waals surface area contributed by atoms with Crippen molar-refractivity contribution in [1.29, 1.82) is 0 Å². The molecule has 4 rings (SSSR count). The average Bonchev–Trinajstić information content (AvgIpc) is 3.19. The zero-order valence-corrected chi connectivity index (χ0v) is 19.3. The normalized spacial score (nSPS) is 16.8. The summed E-state index contributed by atoms with van der Waals surface area (Å²) in [6.07, 6.45) is 0.834. The Bertz CT molecular complexity index is 1070. The van der Waals surface area contributed by atoms with E-state index in [0.717, 1.165) is 17.5 Å². The van der Waals surface area contributed by atoms with Crippen molar-refractivity contribution in [2.45, 2.75) is 31.7 Å². The quantitative estimate of drug-likeness (QED) is 0.538. The molecule has 1 N–H and O–H groups in total. The second-order valence-electron chi connectivity index (χ2n) is 8.21. The summed E-state index contributed by atoms with van der Waals surface area (Å²) in [5.41, 5.74) is 5.18. The third kappa shape index (κ3) is 5.22. The zero-order valence-electron chi connectivity index (χ0n) is 18.5. The van der Waals surface area contributed by atoms with Gasteiger partial charge >= 0.3 is 0 Å². The molecule has 0 radical (unpaired) electrons. The Labute approximate surface area is 194 Å². The Morgan fingerprint density at radius 2 is 1.72 bits per heavy atom. The lowest BCUT2D eigenvalue weighted by molar-refractivity contribution is -0.128. The Kier molecular flexibility index (Phi) is 6.96. The lowest BCUT2D eigenvalue weighted by Crippen LogP contribution is -2.30. The van der Waals surface area contributed by atoms with Crippen LogP contribution in [0, 0.1) is 6.92 Å². The smallest absolute Gasteiger partial charge is 0.251 e. The highest BCUT2D eigenvalue weighted by Crippen LogP contribution is 2.38. The monoisotopic (exact) mass is 444 g/mol. The van der Waals surface area contributed by atoms with Gasteiger partial charge in [-0.1, -0.05) is 72.3 Å². The highest BCUT2D eigenvalue weighted by molar-refractivity contribution is 8.00. The maximum atomic E-state index is 12.7. The standard InChI is InChI=1S/C27H28N2O2S/c1-19-8-10-22(11-9-19)20(2)28-26(31)23-12-14-24(15-13-23)27-29(25(30)18-32-27)17-16-21-6-4-3-5-7-21/h3-15,20,27H,16-18H2,1-2H3,(H,28,31). The van der Waals surface area contributed by atoms with Crippen LogP contribution < -0.4 is 5.32 Å². The van der Waals surface area contributed by atoms with E-state index in [9.17, 15) is 9.59 Å². The number of rotatable bonds is 7. The SMILES string of the molecule is Cc1ccc(C(C)NC(=O)c2ccc(C3SCC(=O)N3CCc3ccccc3)cc2)cc1. The molecule has 2 unspecified atom stereocenters. The summed E-state index contributed by atoms with van der Waals surface area (Å²) in [5.74, 6) is 0.570. The zero-order chi connectivity index (χ0) is 22.5. The van der Waals surface area contributed by atoms with E-state index in [2.05, 4.69) is 29.6 Å². The predicted octanol–water partition coefficient (Wildman–Crippen LogP) is 5.30. The molecule has 0 bridgehead atoms. The van der Waals surface area contributed by atoms with Gasteiger partial charge in [-0.05, 0) is 49.1 Å². The van der Waals surface area contributed by atoms with E-state index in [1.54, 1.807) is 11.8 Å². The van der Waals surface area contributed by atoms with Gasteiger partial charge in [0.25, 0.3) is 5.91 Å². The highest BCUT2D eigenvalue weighted by atomic mass is 32.2. The first-order chi connectivity index (χ1) is 15.5. The molecule has 0 aromatic heterocycles. The Morgan fingerprint density at radius 3 is 2.41 bits per heavy atom. The van der Waals surface area contributed by atoms with E-state index in [0.29, 0.717) is 17.9 Å². The predicted molar refractivity (Wildman–Crippen MR) is 131 cm³/mol. The molecule has 1 heterocycles. The molecular weight excluding hydrogens is 416 g/mol. The number of hydrogen-bond acceptors (Lipinski definition) is 3. The van der Waals surface area contributed by atoms with E-state index < -0.39 is 0 Å². The summed E-state index contributed by atoms with van der Waals surface area (Å²) >= 11 is 1.65. The number of carbonyl (C=O) groups is 2. The minimum absolute atomic E-state index is 0.00481. The van der Waals surface area contributed by atoms with Crippen molar-refractivity contribution >= 4 is 23.6 Å². The van der Waals surface area contributed by atoms with Crippen LogP contribution in [0.5, 0.6) is 0 Å². The van der Waals surface area contributed by atoms with Crippen LogP contribution in [0.25, 0.3) is 0 Å². The third-order valence-corrected chi connectivity index (χ3v) is 7.09. The fraction of sp³-hybridized carbons (Fsp3) is 0.259. The van der Waals surface area contributed by atoms with Crippen LogP contribution in [-0.2, 0) is 11.2 Å². The molecule has 0 spiro atoms. The van der Waals surface area contributed by atoms with Gasteiger partial charge in [-0.2, -0.15) is 0 Å². The lowest BCUT2D eigenvalue weighted by atomic mass is 10.1. The third-order valence-electron chi connectivity index (χ3n) is 5.84. The molecule has 1 aliphatic rings. The van der Waals surface area contributed by atoms with Crippen molar-refractivity contribution in [1.82, 2.24) is 10.2 Å². The Balaban J connectivity index is 1.40. The molecule has 1 saturated heterocycles. The molecule has 1 aliphatic heterocycles. The van der Waals surface area contributed by atoms with Gasteiger partial charge in [-0.15, -0.1) is 11.8 Å². The largest absolute Gasteiger partial charge is 0.346 e. The molecule has 5 heteroatoms. The molecule has 164 valence electrons. The number of nitrogens with one attached hydrogen (secondary N) is 1. The maximum Gasteiger partial charge on any atom is 0.251 e. The first kappa shape index (κ1) is 22.2. The van der Waals surface area contributed by atoms with Crippen LogP contribution in [0.1, 0.15) is 51.0 Å².